The van der Waals surface area contributed by atoms with Gasteiger partial charge in [-0.15, -0.1) is 0 Å². The predicted octanol–water partition coefficient (Wildman–Crippen LogP) is -0.0889. The molecule has 16 heavy (non-hydrogen) atoms. The molecule has 1 saturated heterocycles. The first-order chi connectivity index (χ1) is 7.52. The van der Waals surface area contributed by atoms with Crippen LogP contribution in [0.15, 0.2) is 6.20 Å². The van der Waals surface area contributed by atoms with Gasteiger partial charge in [0.05, 0.1) is 24.0 Å². The van der Waals surface area contributed by atoms with Crippen molar-refractivity contribution in [2.75, 3.05) is 18.9 Å². The second-order valence-electron chi connectivity index (χ2n) is 4.39. The van der Waals surface area contributed by atoms with Gasteiger partial charge in [-0.2, -0.15) is 5.10 Å². The molecule has 6 nitrogen and oxygen atoms in total. The summed E-state index contributed by atoms with van der Waals surface area (Å²) in [5.74, 6) is -0.203. The van der Waals surface area contributed by atoms with Crippen molar-refractivity contribution in [3.05, 3.63) is 11.9 Å². The Morgan fingerprint density at radius 1 is 1.75 bits per heavy atom. The zero-order valence-corrected chi connectivity index (χ0v) is 9.49. The van der Waals surface area contributed by atoms with Gasteiger partial charge in [-0.1, -0.05) is 0 Å². The minimum atomic E-state index is -0.298. The molecule has 1 aliphatic rings. The summed E-state index contributed by atoms with van der Waals surface area (Å²) in [5.41, 5.74) is 6.17. The average Bonchev–Trinajstić information content (AvgIpc) is 2.74. The normalized spacial score (nSPS) is 24.6. The maximum absolute atomic E-state index is 12.0. The van der Waals surface area contributed by atoms with Crippen molar-refractivity contribution >= 4 is 11.6 Å². The fourth-order valence-corrected chi connectivity index (χ4v) is 1.83. The van der Waals surface area contributed by atoms with E-state index in [1.165, 1.54) is 10.9 Å². The van der Waals surface area contributed by atoms with Gasteiger partial charge in [0.2, 0.25) is 0 Å². The van der Waals surface area contributed by atoms with Gasteiger partial charge in [0.1, 0.15) is 5.69 Å². The van der Waals surface area contributed by atoms with E-state index in [1.807, 2.05) is 6.92 Å². The summed E-state index contributed by atoms with van der Waals surface area (Å²) in [7, 11) is 1.69. The number of aromatic nitrogens is 2. The Morgan fingerprint density at radius 3 is 3.00 bits per heavy atom. The Labute approximate surface area is 93.8 Å². The minimum absolute atomic E-state index is 0.203. The monoisotopic (exact) mass is 224 g/mol. The van der Waals surface area contributed by atoms with Crippen LogP contribution >= 0.6 is 0 Å². The number of nitrogens with one attached hydrogen (secondary N) is 1. The van der Waals surface area contributed by atoms with Gasteiger partial charge in [-0.25, -0.2) is 0 Å². The molecule has 1 atom stereocenters. The van der Waals surface area contributed by atoms with Crippen LogP contribution in [-0.4, -0.2) is 34.4 Å². The molecule has 0 bridgehead atoms. The van der Waals surface area contributed by atoms with Gasteiger partial charge in [-0.05, 0) is 13.3 Å². The molecule has 6 heteroatoms. The Bertz CT molecular complexity index is 387. The summed E-state index contributed by atoms with van der Waals surface area (Å²) in [5, 5.41) is 6.87. The van der Waals surface area contributed by atoms with E-state index in [0.29, 0.717) is 24.6 Å². The SMILES string of the molecule is Cn1ncc(N)c1C(=O)NC1(C)CCOC1. The van der Waals surface area contributed by atoms with E-state index in [-0.39, 0.29) is 11.4 Å². The number of nitrogens with two attached hydrogens (primary N) is 1. The van der Waals surface area contributed by atoms with Crippen LogP contribution in [0.25, 0.3) is 0 Å². The third-order valence-corrected chi connectivity index (χ3v) is 2.82. The Balaban J connectivity index is 2.14. The standard InChI is InChI=1S/C10H16N4O2/c1-10(3-4-16-6-10)13-9(15)8-7(11)5-12-14(8)2/h5H,3-4,6,11H2,1-2H3,(H,13,15). The largest absolute Gasteiger partial charge is 0.396 e. The zero-order chi connectivity index (χ0) is 11.8. The van der Waals surface area contributed by atoms with Crippen molar-refractivity contribution in [3.63, 3.8) is 0 Å². The molecule has 88 valence electrons. The molecule has 1 amide bonds. The third-order valence-electron chi connectivity index (χ3n) is 2.82. The number of aryl methyl sites for hydroxylation is 1. The molecule has 1 unspecified atom stereocenters. The summed E-state index contributed by atoms with van der Waals surface area (Å²) in [6.07, 6.45) is 2.29. The number of carbonyl (C=O) groups excluding carboxylic acids is 1. The van der Waals surface area contributed by atoms with Crippen molar-refractivity contribution in [3.8, 4) is 0 Å². The van der Waals surface area contributed by atoms with Crippen LogP contribution in [0, 0.1) is 0 Å². The van der Waals surface area contributed by atoms with Crippen molar-refractivity contribution < 1.29 is 9.53 Å². The van der Waals surface area contributed by atoms with Crippen LogP contribution in [0.1, 0.15) is 23.8 Å². The first-order valence-electron chi connectivity index (χ1n) is 5.19. The van der Waals surface area contributed by atoms with Crippen LogP contribution in [0.4, 0.5) is 5.69 Å². The van der Waals surface area contributed by atoms with Gasteiger partial charge in [0.25, 0.3) is 5.91 Å². The first-order valence-corrected chi connectivity index (χ1v) is 5.19. The molecule has 3 N–H and O–H groups in total. The summed E-state index contributed by atoms with van der Waals surface area (Å²) in [6, 6.07) is 0. The van der Waals surface area contributed by atoms with Crippen LogP contribution in [-0.2, 0) is 11.8 Å². The van der Waals surface area contributed by atoms with Crippen LogP contribution in [0.3, 0.4) is 0 Å². The number of anilines is 1. The number of carbonyl (C=O) groups is 1. The lowest BCUT2D eigenvalue weighted by Crippen LogP contribution is -2.47. The lowest BCUT2D eigenvalue weighted by molar-refractivity contribution is 0.0881. The van der Waals surface area contributed by atoms with Crippen LogP contribution in [0.5, 0.6) is 0 Å². The second kappa shape index (κ2) is 3.79. The number of rotatable bonds is 2. The van der Waals surface area contributed by atoms with Crippen molar-refractivity contribution in [2.45, 2.75) is 18.9 Å². The molecule has 0 radical (unpaired) electrons. The van der Waals surface area contributed by atoms with Crippen molar-refractivity contribution in [2.24, 2.45) is 7.05 Å². The highest BCUT2D eigenvalue weighted by Crippen LogP contribution is 2.19. The maximum atomic E-state index is 12.0. The fourth-order valence-electron chi connectivity index (χ4n) is 1.83. The molecule has 0 aliphatic carbocycles. The fraction of sp³-hybridized carbons (Fsp3) is 0.600. The van der Waals surface area contributed by atoms with E-state index in [9.17, 15) is 4.79 Å². The highest BCUT2D eigenvalue weighted by atomic mass is 16.5. The number of ether oxygens (including phenoxy) is 1. The number of amides is 1. The van der Waals surface area contributed by atoms with E-state index < -0.39 is 0 Å². The van der Waals surface area contributed by atoms with Crippen molar-refractivity contribution in [1.82, 2.24) is 15.1 Å². The first kappa shape index (κ1) is 10.9. The lowest BCUT2D eigenvalue weighted by atomic mass is 10.0. The van der Waals surface area contributed by atoms with E-state index in [1.54, 1.807) is 7.05 Å². The van der Waals surface area contributed by atoms with Gasteiger partial charge < -0.3 is 15.8 Å². The molecule has 2 rings (SSSR count). The molecular formula is C10H16N4O2. The minimum Gasteiger partial charge on any atom is -0.396 e. The summed E-state index contributed by atoms with van der Waals surface area (Å²) >= 11 is 0. The molecule has 1 fully saturated rings. The average molecular weight is 224 g/mol. The van der Waals surface area contributed by atoms with Gasteiger partial charge in [-0.3, -0.25) is 9.48 Å². The van der Waals surface area contributed by atoms with Gasteiger partial charge in [0.15, 0.2) is 0 Å². The molecule has 2 heterocycles. The lowest BCUT2D eigenvalue weighted by Gasteiger charge is -2.23. The van der Waals surface area contributed by atoms with Gasteiger partial charge in [0, 0.05) is 13.7 Å². The topological polar surface area (TPSA) is 82.2 Å². The maximum Gasteiger partial charge on any atom is 0.272 e. The Hall–Kier alpha value is -1.56. The number of nitrogens with zero attached hydrogens (tertiary/aromatic N) is 2. The molecule has 1 aromatic heterocycles. The molecule has 0 spiro atoms. The highest BCUT2D eigenvalue weighted by molar-refractivity contribution is 5.97. The molecule has 0 aromatic carbocycles. The van der Waals surface area contributed by atoms with Crippen molar-refractivity contribution in [1.29, 1.82) is 0 Å². The predicted molar refractivity (Wildman–Crippen MR) is 58.9 cm³/mol. The van der Waals surface area contributed by atoms with E-state index in [2.05, 4.69) is 10.4 Å². The number of hydrogen-bond acceptors (Lipinski definition) is 4. The van der Waals surface area contributed by atoms with E-state index in [0.717, 1.165) is 6.42 Å². The quantitative estimate of drug-likeness (QED) is 0.735. The highest BCUT2D eigenvalue weighted by Gasteiger charge is 2.32. The smallest absolute Gasteiger partial charge is 0.272 e. The summed E-state index contributed by atoms with van der Waals surface area (Å²) in [6.45, 7) is 3.18. The zero-order valence-electron chi connectivity index (χ0n) is 9.49. The summed E-state index contributed by atoms with van der Waals surface area (Å²) in [4.78, 5) is 12.0. The number of nitrogen functional groups attached to an aromatic ring is 1. The Kier molecular flexibility index (Phi) is 2.59. The molecule has 1 aliphatic heterocycles. The van der Waals surface area contributed by atoms with Crippen LogP contribution < -0.4 is 11.1 Å². The molecular weight excluding hydrogens is 208 g/mol. The third kappa shape index (κ3) is 1.88. The summed E-state index contributed by atoms with van der Waals surface area (Å²) < 4.78 is 6.75. The van der Waals surface area contributed by atoms with E-state index in [4.69, 9.17) is 10.5 Å². The molecule has 1 aromatic rings. The van der Waals surface area contributed by atoms with Crippen LogP contribution in [0.2, 0.25) is 0 Å². The Morgan fingerprint density at radius 2 is 2.50 bits per heavy atom. The number of hydrogen-bond donors (Lipinski definition) is 2. The second-order valence-corrected chi connectivity index (χ2v) is 4.39. The van der Waals surface area contributed by atoms with E-state index >= 15 is 0 Å². The van der Waals surface area contributed by atoms with Gasteiger partial charge >= 0.3 is 0 Å². The molecule has 0 saturated carbocycles.